The number of aromatic amines is 1. The fourth-order valence-corrected chi connectivity index (χ4v) is 5.47. The van der Waals surface area contributed by atoms with Gasteiger partial charge < -0.3 is 24.8 Å². The summed E-state index contributed by atoms with van der Waals surface area (Å²) in [7, 11) is 3.40. The topological polar surface area (TPSA) is 94.7 Å². The lowest BCUT2D eigenvalue weighted by Crippen LogP contribution is -2.53. The SMILES string of the molecule is CNC(=O)[C@@H]1Cc2c([nH]c3ccccc23)CN1C(=O)C1CCC(CN(C)C(=O)OC(C)(C)C)CC1. The molecule has 1 aliphatic carbocycles. The average Bonchev–Trinajstić information content (AvgIpc) is 3.19. The predicted molar refractivity (Wildman–Crippen MR) is 135 cm³/mol. The lowest BCUT2D eigenvalue weighted by Gasteiger charge is -2.38. The third-order valence-electron chi connectivity index (χ3n) is 7.27. The standard InChI is InChI=1S/C27H38N4O4/c1-27(2,3)35-26(34)30(5)15-17-10-12-18(13-11-17)25(33)31-16-22-20(14-23(31)24(32)28-4)19-8-6-7-9-21(19)29-22/h6-9,17-18,23,29H,10-16H2,1-5H3,(H,28,32)/t17?,18?,23-/m0/s1. The second kappa shape index (κ2) is 9.91. The molecule has 2 aliphatic rings. The van der Waals surface area contributed by atoms with Gasteiger partial charge in [-0.2, -0.15) is 0 Å². The lowest BCUT2D eigenvalue weighted by molar-refractivity contribution is -0.146. The van der Waals surface area contributed by atoms with Crippen molar-refractivity contribution in [3.63, 3.8) is 0 Å². The van der Waals surface area contributed by atoms with Crippen molar-refractivity contribution in [2.45, 2.75) is 71.1 Å². The Balaban J connectivity index is 1.41. The Morgan fingerprint density at radius 1 is 1.14 bits per heavy atom. The third kappa shape index (κ3) is 5.46. The summed E-state index contributed by atoms with van der Waals surface area (Å²) in [4.78, 5) is 45.6. The number of carbonyl (C=O) groups is 3. The summed E-state index contributed by atoms with van der Waals surface area (Å²) in [6, 6.07) is 7.59. The molecule has 190 valence electrons. The smallest absolute Gasteiger partial charge is 0.410 e. The molecule has 1 aromatic heterocycles. The van der Waals surface area contributed by atoms with Gasteiger partial charge in [-0.15, -0.1) is 0 Å². The van der Waals surface area contributed by atoms with Gasteiger partial charge in [0.2, 0.25) is 11.8 Å². The van der Waals surface area contributed by atoms with Crippen LogP contribution in [-0.2, 0) is 27.3 Å². The Bertz CT molecular complexity index is 1090. The van der Waals surface area contributed by atoms with Crippen LogP contribution in [0.5, 0.6) is 0 Å². The molecule has 1 aromatic carbocycles. The second-order valence-corrected chi connectivity index (χ2v) is 11.0. The minimum atomic E-state index is -0.518. The molecular formula is C27H38N4O4. The first-order valence-corrected chi connectivity index (χ1v) is 12.6. The van der Waals surface area contributed by atoms with Gasteiger partial charge in [-0.25, -0.2) is 4.79 Å². The van der Waals surface area contributed by atoms with Crippen molar-refractivity contribution in [1.82, 2.24) is 20.1 Å². The van der Waals surface area contributed by atoms with Gasteiger partial charge in [0.05, 0.1) is 6.54 Å². The second-order valence-electron chi connectivity index (χ2n) is 11.0. The zero-order valence-corrected chi connectivity index (χ0v) is 21.5. The number of amides is 3. The molecule has 1 saturated carbocycles. The normalized spacial score (nSPS) is 22.4. The molecule has 0 spiro atoms. The van der Waals surface area contributed by atoms with E-state index in [0.29, 0.717) is 25.4 Å². The van der Waals surface area contributed by atoms with Crippen LogP contribution in [0.2, 0.25) is 0 Å². The van der Waals surface area contributed by atoms with Crippen LogP contribution in [0.15, 0.2) is 24.3 Å². The number of nitrogens with one attached hydrogen (secondary N) is 2. The number of aromatic nitrogens is 1. The molecule has 8 heteroatoms. The van der Waals surface area contributed by atoms with Crippen molar-refractivity contribution in [2.24, 2.45) is 11.8 Å². The van der Waals surface area contributed by atoms with Crippen LogP contribution in [0.3, 0.4) is 0 Å². The molecule has 35 heavy (non-hydrogen) atoms. The highest BCUT2D eigenvalue weighted by Crippen LogP contribution is 2.35. The summed E-state index contributed by atoms with van der Waals surface area (Å²) in [6.45, 7) is 6.63. The minimum absolute atomic E-state index is 0.0573. The molecule has 2 heterocycles. The molecule has 1 atom stereocenters. The molecule has 2 aromatic rings. The largest absolute Gasteiger partial charge is 0.444 e. The molecule has 1 fully saturated rings. The highest BCUT2D eigenvalue weighted by atomic mass is 16.6. The molecule has 0 radical (unpaired) electrons. The number of fused-ring (bicyclic) bond motifs is 3. The van der Waals surface area contributed by atoms with E-state index in [1.807, 2.05) is 39.0 Å². The van der Waals surface area contributed by atoms with Gasteiger partial charge in [-0.05, 0) is 64.0 Å². The highest BCUT2D eigenvalue weighted by molar-refractivity contribution is 5.92. The predicted octanol–water partition coefficient (Wildman–Crippen LogP) is 3.84. The fraction of sp³-hybridized carbons (Fsp3) is 0.593. The number of para-hydroxylation sites is 1. The number of ether oxygens (including phenoxy) is 1. The molecule has 0 saturated heterocycles. The van der Waals surface area contributed by atoms with Crippen LogP contribution in [-0.4, -0.2) is 65.0 Å². The van der Waals surface area contributed by atoms with Gasteiger partial charge in [0, 0.05) is 49.6 Å². The van der Waals surface area contributed by atoms with Gasteiger partial charge >= 0.3 is 6.09 Å². The molecule has 0 unspecified atom stereocenters. The van der Waals surface area contributed by atoms with E-state index in [9.17, 15) is 14.4 Å². The third-order valence-corrected chi connectivity index (χ3v) is 7.27. The zero-order chi connectivity index (χ0) is 25.3. The van der Waals surface area contributed by atoms with E-state index in [4.69, 9.17) is 4.74 Å². The van der Waals surface area contributed by atoms with Gasteiger partial charge in [0.25, 0.3) is 0 Å². The monoisotopic (exact) mass is 482 g/mol. The van der Waals surface area contributed by atoms with E-state index in [1.54, 1.807) is 23.9 Å². The number of hydrogen-bond donors (Lipinski definition) is 2. The summed E-state index contributed by atoms with van der Waals surface area (Å²) in [5.74, 6) is 0.174. The molecule has 4 rings (SSSR count). The number of likely N-dealkylation sites (N-methyl/N-ethyl adjacent to an activating group) is 1. The summed E-state index contributed by atoms with van der Waals surface area (Å²) in [5, 5.41) is 3.88. The number of rotatable bonds is 4. The summed E-state index contributed by atoms with van der Waals surface area (Å²) >= 11 is 0. The van der Waals surface area contributed by atoms with Crippen LogP contribution < -0.4 is 5.32 Å². The van der Waals surface area contributed by atoms with E-state index in [2.05, 4.69) is 16.4 Å². The van der Waals surface area contributed by atoms with Crippen molar-refractivity contribution < 1.29 is 19.1 Å². The molecule has 3 amide bonds. The first kappa shape index (κ1) is 25.1. The summed E-state index contributed by atoms with van der Waals surface area (Å²) in [6.07, 6.45) is 3.48. The average molecular weight is 483 g/mol. The molecule has 2 N–H and O–H groups in total. The minimum Gasteiger partial charge on any atom is -0.444 e. The maximum Gasteiger partial charge on any atom is 0.410 e. The van der Waals surface area contributed by atoms with Crippen molar-refractivity contribution in [2.75, 3.05) is 20.6 Å². The Labute approximate surface area is 207 Å². The van der Waals surface area contributed by atoms with Crippen LogP contribution in [0.25, 0.3) is 10.9 Å². The van der Waals surface area contributed by atoms with Gasteiger partial charge in [0.1, 0.15) is 11.6 Å². The maximum atomic E-state index is 13.7. The Hall–Kier alpha value is -3.03. The summed E-state index contributed by atoms with van der Waals surface area (Å²) in [5.41, 5.74) is 2.67. The van der Waals surface area contributed by atoms with E-state index < -0.39 is 11.6 Å². The van der Waals surface area contributed by atoms with Crippen molar-refractivity contribution in [1.29, 1.82) is 0 Å². The van der Waals surface area contributed by atoms with E-state index >= 15 is 0 Å². The van der Waals surface area contributed by atoms with E-state index in [1.165, 1.54) is 0 Å². The number of H-pyrrole nitrogens is 1. The Morgan fingerprint density at radius 2 is 1.83 bits per heavy atom. The van der Waals surface area contributed by atoms with Crippen molar-refractivity contribution in [3.8, 4) is 0 Å². The lowest BCUT2D eigenvalue weighted by atomic mass is 9.80. The molecule has 0 bridgehead atoms. The number of nitrogens with zero attached hydrogens (tertiary/aromatic N) is 2. The zero-order valence-electron chi connectivity index (χ0n) is 21.5. The van der Waals surface area contributed by atoms with Crippen molar-refractivity contribution in [3.05, 3.63) is 35.5 Å². The Kier molecular flexibility index (Phi) is 7.10. The van der Waals surface area contributed by atoms with Crippen LogP contribution >= 0.6 is 0 Å². The number of hydrogen-bond acceptors (Lipinski definition) is 4. The number of carbonyl (C=O) groups excluding carboxylic acids is 3. The Morgan fingerprint density at radius 3 is 2.49 bits per heavy atom. The summed E-state index contributed by atoms with van der Waals surface area (Å²) < 4.78 is 5.46. The first-order chi connectivity index (χ1) is 16.6. The first-order valence-electron chi connectivity index (χ1n) is 12.6. The van der Waals surface area contributed by atoms with E-state index in [-0.39, 0.29) is 23.8 Å². The molecule has 1 aliphatic heterocycles. The fourth-order valence-electron chi connectivity index (χ4n) is 5.47. The highest BCUT2D eigenvalue weighted by Gasteiger charge is 2.39. The maximum absolute atomic E-state index is 13.7. The quantitative estimate of drug-likeness (QED) is 0.692. The van der Waals surface area contributed by atoms with Crippen LogP contribution in [0, 0.1) is 11.8 Å². The van der Waals surface area contributed by atoms with E-state index in [0.717, 1.165) is 47.8 Å². The number of benzene rings is 1. The van der Waals surface area contributed by atoms with Gasteiger partial charge in [0.15, 0.2) is 0 Å². The molecular weight excluding hydrogens is 444 g/mol. The van der Waals surface area contributed by atoms with Crippen LogP contribution in [0.1, 0.15) is 57.7 Å². The van der Waals surface area contributed by atoms with Gasteiger partial charge in [-0.1, -0.05) is 18.2 Å². The van der Waals surface area contributed by atoms with Gasteiger partial charge in [-0.3, -0.25) is 9.59 Å². The molecule has 8 nitrogen and oxygen atoms in total. The van der Waals surface area contributed by atoms with Crippen LogP contribution in [0.4, 0.5) is 4.79 Å². The van der Waals surface area contributed by atoms with Crippen molar-refractivity contribution >= 4 is 28.8 Å².